The van der Waals surface area contributed by atoms with Crippen molar-refractivity contribution < 1.29 is 32.5 Å². The molecule has 0 aromatic heterocycles. The van der Waals surface area contributed by atoms with Crippen LogP contribution >= 0.6 is 11.6 Å². The van der Waals surface area contributed by atoms with Gasteiger partial charge in [-0.1, -0.05) is 35.9 Å². The second-order valence-electron chi connectivity index (χ2n) is 6.78. The van der Waals surface area contributed by atoms with Crippen molar-refractivity contribution in [3.8, 4) is 28.0 Å². The highest BCUT2D eigenvalue weighted by Crippen LogP contribution is 2.42. The fourth-order valence-electron chi connectivity index (χ4n) is 3.19. The topological polar surface area (TPSA) is 55.8 Å². The number of hydrogen-bond donors (Lipinski definition) is 1. The Morgan fingerprint density at radius 3 is 2.22 bits per heavy atom. The standard InChI is InChI=1S/C24H20ClF3O4/c1-2-31-23(30)17-13-20(15-6-8-18(9-7-15)24(26,27)28)22(32-11-10-29)21(14-17)16-4-3-5-19(25)12-16/h3-9,12-14,29H,2,10-11H2,1H3. The molecule has 0 aliphatic rings. The van der Waals surface area contributed by atoms with E-state index >= 15 is 0 Å². The Hall–Kier alpha value is -3.03. The van der Waals surface area contributed by atoms with Gasteiger partial charge in [0.15, 0.2) is 0 Å². The minimum Gasteiger partial charge on any atom is -0.490 e. The molecule has 0 fully saturated rings. The van der Waals surface area contributed by atoms with Crippen molar-refractivity contribution >= 4 is 17.6 Å². The number of aliphatic hydroxyl groups is 1. The maximum atomic E-state index is 13.0. The van der Waals surface area contributed by atoms with Crippen molar-refractivity contribution in [3.63, 3.8) is 0 Å². The Labute approximate surface area is 188 Å². The first-order chi connectivity index (χ1) is 15.2. The zero-order valence-corrected chi connectivity index (χ0v) is 17.8. The summed E-state index contributed by atoms with van der Waals surface area (Å²) < 4.78 is 50.0. The molecule has 0 heterocycles. The van der Waals surface area contributed by atoms with Gasteiger partial charge in [0, 0.05) is 16.1 Å². The molecule has 3 aromatic rings. The van der Waals surface area contributed by atoms with Gasteiger partial charge in [0.05, 0.1) is 24.3 Å². The molecule has 3 aromatic carbocycles. The fourth-order valence-corrected chi connectivity index (χ4v) is 3.38. The monoisotopic (exact) mass is 464 g/mol. The van der Waals surface area contributed by atoms with Gasteiger partial charge in [0.1, 0.15) is 12.4 Å². The van der Waals surface area contributed by atoms with E-state index in [1.165, 1.54) is 18.2 Å². The summed E-state index contributed by atoms with van der Waals surface area (Å²) in [5, 5.41) is 9.74. The molecule has 0 atom stereocenters. The molecular weight excluding hydrogens is 445 g/mol. The smallest absolute Gasteiger partial charge is 0.416 e. The molecule has 0 bridgehead atoms. The molecule has 4 nitrogen and oxygen atoms in total. The van der Waals surface area contributed by atoms with E-state index in [1.54, 1.807) is 37.3 Å². The molecule has 32 heavy (non-hydrogen) atoms. The highest BCUT2D eigenvalue weighted by molar-refractivity contribution is 6.30. The first kappa shape index (κ1) is 23.6. The van der Waals surface area contributed by atoms with Crippen LogP contribution in [-0.4, -0.2) is 30.9 Å². The van der Waals surface area contributed by atoms with Crippen LogP contribution in [0.5, 0.6) is 5.75 Å². The third kappa shape index (κ3) is 5.41. The fraction of sp³-hybridized carbons (Fsp3) is 0.208. The molecule has 0 radical (unpaired) electrons. The van der Waals surface area contributed by atoms with E-state index in [2.05, 4.69) is 0 Å². The molecule has 0 saturated heterocycles. The molecule has 0 aliphatic carbocycles. The van der Waals surface area contributed by atoms with Gasteiger partial charge < -0.3 is 14.6 Å². The highest BCUT2D eigenvalue weighted by Gasteiger charge is 2.30. The van der Waals surface area contributed by atoms with Crippen LogP contribution in [0.15, 0.2) is 60.7 Å². The summed E-state index contributed by atoms with van der Waals surface area (Å²) in [4.78, 5) is 12.5. The van der Waals surface area contributed by atoms with Crippen LogP contribution in [0, 0.1) is 0 Å². The van der Waals surface area contributed by atoms with Crippen LogP contribution in [0.1, 0.15) is 22.8 Å². The number of halogens is 4. The number of carbonyl (C=O) groups excluding carboxylic acids is 1. The molecule has 0 saturated carbocycles. The molecule has 0 aliphatic heterocycles. The maximum absolute atomic E-state index is 13.0. The van der Waals surface area contributed by atoms with Crippen molar-refractivity contribution in [1.29, 1.82) is 0 Å². The lowest BCUT2D eigenvalue weighted by Crippen LogP contribution is -2.09. The maximum Gasteiger partial charge on any atom is 0.416 e. The van der Waals surface area contributed by atoms with Gasteiger partial charge in [0.2, 0.25) is 0 Å². The molecule has 0 amide bonds. The summed E-state index contributed by atoms with van der Waals surface area (Å²) in [6.45, 7) is 1.50. The minimum absolute atomic E-state index is 0.0556. The normalized spacial score (nSPS) is 11.3. The lowest BCUT2D eigenvalue weighted by molar-refractivity contribution is -0.137. The van der Waals surface area contributed by atoms with E-state index in [9.17, 15) is 23.1 Å². The molecular formula is C24H20ClF3O4. The van der Waals surface area contributed by atoms with Gasteiger partial charge in [-0.05, 0) is 54.4 Å². The highest BCUT2D eigenvalue weighted by atomic mass is 35.5. The van der Waals surface area contributed by atoms with E-state index in [0.29, 0.717) is 33.0 Å². The summed E-state index contributed by atoms with van der Waals surface area (Å²) >= 11 is 6.14. The quantitative estimate of drug-likeness (QED) is 0.420. The van der Waals surface area contributed by atoms with E-state index in [1.807, 2.05) is 0 Å². The number of rotatable bonds is 7. The minimum atomic E-state index is -4.48. The van der Waals surface area contributed by atoms with E-state index in [-0.39, 0.29) is 25.4 Å². The van der Waals surface area contributed by atoms with Gasteiger partial charge in [-0.3, -0.25) is 0 Å². The van der Waals surface area contributed by atoms with Crippen LogP contribution < -0.4 is 4.74 Å². The summed E-state index contributed by atoms with van der Waals surface area (Å²) in [5.41, 5.74) is 1.31. The van der Waals surface area contributed by atoms with Gasteiger partial charge in [-0.15, -0.1) is 0 Å². The average Bonchev–Trinajstić information content (AvgIpc) is 2.77. The summed E-state index contributed by atoms with van der Waals surface area (Å²) in [6, 6.07) is 14.5. The number of esters is 1. The van der Waals surface area contributed by atoms with Crippen molar-refractivity contribution in [1.82, 2.24) is 0 Å². The molecule has 8 heteroatoms. The van der Waals surface area contributed by atoms with Crippen molar-refractivity contribution in [2.45, 2.75) is 13.1 Å². The average molecular weight is 465 g/mol. The lowest BCUT2D eigenvalue weighted by Gasteiger charge is -2.18. The number of aliphatic hydroxyl groups excluding tert-OH is 1. The second kappa shape index (κ2) is 10.1. The van der Waals surface area contributed by atoms with Gasteiger partial charge in [-0.2, -0.15) is 13.2 Å². The summed E-state index contributed by atoms with van der Waals surface area (Å²) in [6.07, 6.45) is -4.48. The largest absolute Gasteiger partial charge is 0.490 e. The Balaban J connectivity index is 2.26. The third-order valence-electron chi connectivity index (χ3n) is 4.60. The Morgan fingerprint density at radius 2 is 1.66 bits per heavy atom. The predicted molar refractivity (Wildman–Crippen MR) is 116 cm³/mol. The number of ether oxygens (including phenoxy) is 2. The Kier molecular flexibility index (Phi) is 7.43. The van der Waals surface area contributed by atoms with Crippen LogP contribution in [-0.2, 0) is 10.9 Å². The van der Waals surface area contributed by atoms with E-state index < -0.39 is 17.7 Å². The Bertz CT molecular complexity index is 1100. The third-order valence-corrected chi connectivity index (χ3v) is 4.83. The predicted octanol–water partition coefficient (Wildman–Crippen LogP) is 6.24. The zero-order chi connectivity index (χ0) is 23.3. The number of benzene rings is 3. The van der Waals surface area contributed by atoms with Crippen molar-refractivity contribution in [3.05, 3.63) is 76.8 Å². The van der Waals surface area contributed by atoms with Crippen LogP contribution in [0.2, 0.25) is 5.02 Å². The number of hydrogen-bond acceptors (Lipinski definition) is 4. The molecule has 0 spiro atoms. The first-order valence-corrected chi connectivity index (χ1v) is 10.1. The van der Waals surface area contributed by atoms with Gasteiger partial charge >= 0.3 is 12.1 Å². The van der Waals surface area contributed by atoms with Crippen LogP contribution in [0.4, 0.5) is 13.2 Å². The summed E-state index contributed by atoms with van der Waals surface area (Å²) in [7, 11) is 0. The molecule has 3 rings (SSSR count). The van der Waals surface area contributed by atoms with Gasteiger partial charge in [-0.25, -0.2) is 4.79 Å². The molecule has 1 N–H and O–H groups in total. The zero-order valence-electron chi connectivity index (χ0n) is 17.1. The van der Waals surface area contributed by atoms with E-state index in [4.69, 9.17) is 21.1 Å². The van der Waals surface area contributed by atoms with Crippen molar-refractivity contribution in [2.75, 3.05) is 19.8 Å². The van der Waals surface area contributed by atoms with Crippen LogP contribution in [0.25, 0.3) is 22.3 Å². The second-order valence-corrected chi connectivity index (χ2v) is 7.21. The van der Waals surface area contributed by atoms with Crippen molar-refractivity contribution in [2.24, 2.45) is 0 Å². The van der Waals surface area contributed by atoms with Gasteiger partial charge in [0.25, 0.3) is 0 Å². The van der Waals surface area contributed by atoms with Crippen LogP contribution in [0.3, 0.4) is 0 Å². The first-order valence-electron chi connectivity index (χ1n) is 9.77. The lowest BCUT2D eigenvalue weighted by atomic mass is 9.94. The number of alkyl halides is 3. The Morgan fingerprint density at radius 1 is 1.00 bits per heavy atom. The SMILES string of the molecule is CCOC(=O)c1cc(-c2ccc(C(F)(F)F)cc2)c(OCCO)c(-c2cccc(Cl)c2)c1. The van der Waals surface area contributed by atoms with E-state index in [0.717, 1.165) is 12.1 Å². The number of carbonyl (C=O) groups is 1. The molecule has 168 valence electrons. The molecule has 0 unspecified atom stereocenters. The summed E-state index contributed by atoms with van der Waals surface area (Å²) in [5.74, 6) is -0.285.